The van der Waals surface area contributed by atoms with E-state index >= 15 is 4.79 Å². The Labute approximate surface area is 549 Å². The van der Waals surface area contributed by atoms with E-state index in [-0.39, 0.29) is 66.6 Å². The maximum Gasteiger partial charge on any atom is 0.330 e. The fourth-order valence-electron chi connectivity index (χ4n) is 13.0. The van der Waals surface area contributed by atoms with Crippen molar-refractivity contribution >= 4 is 67.6 Å². The van der Waals surface area contributed by atoms with Gasteiger partial charge in [-0.2, -0.15) is 0 Å². The van der Waals surface area contributed by atoms with Crippen molar-refractivity contribution in [2.24, 2.45) is 10.8 Å². The van der Waals surface area contributed by atoms with E-state index in [0.29, 0.717) is 19.1 Å². The average Bonchev–Trinajstić information content (AvgIpc) is 0.764. The van der Waals surface area contributed by atoms with Gasteiger partial charge in [-0.15, -0.1) is 6.58 Å². The molecule has 90 heavy (non-hydrogen) atoms. The topological polar surface area (TPSA) is 162 Å². The number of esters is 3. The van der Waals surface area contributed by atoms with Crippen LogP contribution in [0.5, 0.6) is 0 Å². The summed E-state index contributed by atoms with van der Waals surface area (Å²) in [5.41, 5.74) is -0.0324. The summed E-state index contributed by atoms with van der Waals surface area (Å²) in [6.45, 7) is 46.3. The number of carbonyl (C=O) groups excluding carboxylic acids is 4. The van der Waals surface area contributed by atoms with Crippen LogP contribution in [0.3, 0.4) is 0 Å². The highest BCUT2D eigenvalue weighted by atomic mass is 28.4. The molecule has 0 unspecified atom stereocenters. The van der Waals surface area contributed by atoms with Gasteiger partial charge in [0.2, 0.25) is 5.79 Å². The molecule has 508 valence electrons. The van der Waals surface area contributed by atoms with Gasteiger partial charge in [0, 0.05) is 32.4 Å². The molecule has 2 aliphatic heterocycles. The minimum absolute atomic E-state index is 0.000427. The third kappa shape index (κ3) is 22.2. The lowest BCUT2D eigenvalue weighted by Crippen LogP contribution is -2.68. The van der Waals surface area contributed by atoms with Crippen LogP contribution in [-0.4, -0.2) is 125 Å². The summed E-state index contributed by atoms with van der Waals surface area (Å²) in [6, 6.07) is 25.1. The number of rotatable bonds is 36. The average molecular weight is 1320 g/mol. The second kappa shape index (κ2) is 34.2. The molecule has 2 aromatic carbocycles. The highest BCUT2D eigenvalue weighted by molar-refractivity contribution is 6.99. The summed E-state index contributed by atoms with van der Waals surface area (Å²) in [6.07, 6.45) is 8.28. The highest BCUT2D eigenvalue weighted by Crippen LogP contribution is 2.48. The van der Waals surface area contributed by atoms with Crippen LogP contribution in [0.2, 0.25) is 67.0 Å². The van der Waals surface area contributed by atoms with Crippen LogP contribution in [0, 0.1) is 10.8 Å². The SMILES string of the molecule is C=C(C[C@@H](C[C@@H]1O[C@H](C[C@H](CC(=O)O[C@@H](CO[Si](C)(C)C(C)(C)C)C[C@@H]2C/C(=C\C(=O)OC)[C@H](OC(=O)CCCCCCC)[C@](O)(C(C)(C)/C=C/C=O)O2)O[Si](c2ccccc2)(c2ccccc2)C(C)(C)C)CCC1(C)C)O[Si](CC)(CC)CC)C[Si](C)(C)C. The fraction of sp³-hybridized carbons (Fsp3) is 0.699. The monoisotopic (exact) mass is 1320 g/mol. The summed E-state index contributed by atoms with van der Waals surface area (Å²) in [7, 11) is -8.05. The molecule has 0 bridgehead atoms. The third-order valence-electron chi connectivity index (χ3n) is 19.7. The predicted molar refractivity (Wildman–Crippen MR) is 376 cm³/mol. The Morgan fingerprint density at radius 3 is 1.83 bits per heavy atom. The van der Waals surface area contributed by atoms with E-state index in [0.717, 1.165) is 85.9 Å². The normalized spacial score (nSPS) is 22.0. The number of hydrogen-bond acceptors (Lipinski definition) is 13. The number of carbonyl (C=O) groups is 4. The van der Waals surface area contributed by atoms with Gasteiger partial charge in [-0.3, -0.25) is 14.4 Å². The second-order valence-electron chi connectivity index (χ2n) is 31.1. The Morgan fingerprint density at radius 1 is 0.744 bits per heavy atom. The molecule has 2 heterocycles. The molecular formula is C73H122O13Si4. The van der Waals surface area contributed by atoms with Crippen molar-refractivity contribution in [1.82, 2.24) is 0 Å². The van der Waals surface area contributed by atoms with Crippen LogP contribution < -0.4 is 10.4 Å². The third-order valence-corrected chi connectivity index (χ3v) is 35.5. The van der Waals surface area contributed by atoms with Gasteiger partial charge >= 0.3 is 17.9 Å². The summed E-state index contributed by atoms with van der Waals surface area (Å²) in [5.74, 6) is -4.11. The smallest absolute Gasteiger partial charge is 0.330 e. The van der Waals surface area contributed by atoms with E-state index < -0.39 is 91.6 Å². The van der Waals surface area contributed by atoms with Crippen LogP contribution in [-0.2, 0) is 56.1 Å². The molecule has 4 rings (SSSR count). The first-order valence-electron chi connectivity index (χ1n) is 34.0. The Hall–Kier alpha value is -3.63. The van der Waals surface area contributed by atoms with E-state index in [1.165, 1.54) is 30.9 Å². The zero-order valence-electron chi connectivity index (χ0n) is 59.6. The number of aldehydes is 1. The molecule has 0 spiro atoms. The van der Waals surface area contributed by atoms with E-state index in [1.54, 1.807) is 13.8 Å². The van der Waals surface area contributed by atoms with Crippen LogP contribution in [0.1, 0.15) is 187 Å². The number of ether oxygens (including phenoxy) is 5. The number of unbranched alkanes of at least 4 members (excludes halogenated alkanes) is 4. The highest BCUT2D eigenvalue weighted by Gasteiger charge is 2.58. The van der Waals surface area contributed by atoms with Crippen LogP contribution in [0.25, 0.3) is 0 Å². The van der Waals surface area contributed by atoms with Crippen molar-refractivity contribution in [2.75, 3.05) is 13.7 Å². The molecule has 2 aromatic rings. The molecule has 0 aromatic heterocycles. The lowest BCUT2D eigenvalue weighted by atomic mass is 9.74. The molecule has 2 fully saturated rings. The molecule has 0 amide bonds. The number of benzene rings is 2. The Kier molecular flexibility index (Phi) is 29.9. The maximum atomic E-state index is 15.5. The van der Waals surface area contributed by atoms with Crippen LogP contribution in [0.15, 0.2) is 96.6 Å². The van der Waals surface area contributed by atoms with Gasteiger partial charge in [0.15, 0.2) is 22.7 Å². The molecule has 0 aliphatic carbocycles. The van der Waals surface area contributed by atoms with E-state index in [1.807, 2.05) is 12.1 Å². The minimum atomic E-state index is -3.31. The lowest BCUT2D eigenvalue weighted by Gasteiger charge is -2.51. The maximum absolute atomic E-state index is 15.5. The van der Waals surface area contributed by atoms with E-state index in [2.05, 4.69) is 171 Å². The Morgan fingerprint density at radius 2 is 1.31 bits per heavy atom. The zero-order chi connectivity index (χ0) is 67.6. The second-order valence-corrected chi connectivity index (χ2v) is 50.3. The van der Waals surface area contributed by atoms with Crippen molar-refractivity contribution in [1.29, 1.82) is 0 Å². The number of hydrogen-bond donors (Lipinski definition) is 1. The predicted octanol–water partition coefficient (Wildman–Crippen LogP) is 16.3. The summed E-state index contributed by atoms with van der Waals surface area (Å²) >= 11 is 0. The summed E-state index contributed by atoms with van der Waals surface area (Å²) < 4.78 is 54.8. The van der Waals surface area contributed by atoms with Crippen molar-refractivity contribution < 1.29 is 61.2 Å². The molecule has 17 heteroatoms. The molecule has 2 saturated heterocycles. The number of allylic oxidation sites excluding steroid dienone is 1. The van der Waals surface area contributed by atoms with Gasteiger partial charge in [0.25, 0.3) is 8.32 Å². The molecule has 8 atom stereocenters. The molecule has 0 radical (unpaired) electrons. The minimum Gasteiger partial charge on any atom is -0.466 e. The summed E-state index contributed by atoms with van der Waals surface area (Å²) in [5, 5.41) is 14.7. The van der Waals surface area contributed by atoms with Gasteiger partial charge in [-0.25, -0.2) is 4.79 Å². The number of aliphatic hydroxyl groups is 1. The Bertz CT molecular complexity index is 2580. The molecule has 0 saturated carbocycles. The Balaban J connectivity index is 1.88. The molecule has 2 aliphatic rings. The standard InChI is InChI=1S/C73H122O13Si4/c1-22-26-27-28-35-41-65(75)83-68-56(48-66(76)79-16)47-58(84-73(68,78)72(14,15)43-36-45-74)50-61(53-80-88(20,21)69(6,7)8)82-67(77)52-60(86-90(70(9,10)11,62-37-31-29-32-38-62)63-39-33-30-34-40-63)49-57-42-44-71(12,13)64(81-57)51-59(46-55(5)54-87(17,18)19)85-89(23-2,24-3)25-4/h29-34,36-40,43,45,48,57-61,64,68,78H,5,22-28,35,41-42,44,46-47,49-54H2,1-4,6-21H3/b43-36+,56-48+/t57-,58-,59-,60+,61+,64-,68-,73+/m0/s1. The zero-order valence-corrected chi connectivity index (χ0v) is 63.6. The van der Waals surface area contributed by atoms with Gasteiger partial charge < -0.3 is 42.1 Å². The van der Waals surface area contributed by atoms with Crippen LogP contribution in [0.4, 0.5) is 0 Å². The number of methoxy groups -OCH3 is 1. The molecule has 1 N–H and O–H groups in total. The molecule has 13 nitrogen and oxygen atoms in total. The van der Waals surface area contributed by atoms with E-state index in [4.69, 9.17) is 37.0 Å². The van der Waals surface area contributed by atoms with E-state index in [9.17, 15) is 19.5 Å². The largest absolute Gasteiger partial charge is 0.466 e. The fourth-order valence-corrected chi connectivity index (χ4v) is 23.2. The molecular weight excluding hydrogens is 1200 g/mol. The van der Waals surface area contributed by atoms with Crippen molar-refractivity contribution in [2.45, 2.75) is 302 Å². The van der Waals surface area contributed by atoms with Gasteiger partial charge in [0.1, 0.15) is 12.4 Å². The first-order chi connectivity index (χ1) is 41.9. The quantitative estimate of drug-likeness (QED) is 0.0131. The van der Waals surface area contributed by atoms with Gasteiger partial charge in [0.05, 0.1) is 50.7 Å². The lowest BCUT2D eigenvalue weighted by molar-refractivity contribution is -0.327. The van der Waals surface area contributed by atoms with Crippen LogP contribution >= 0.6 is 0 Å². The van der Waals surface area contributed by atoms with Crippen molar-refractivity contribution in [3.63, 3.8) is 0 Å². The van der Waals surface area contributed by atoms with Crippen molar-refractivity contribution in [3.8, 4) is 0 Å². The van der Waals surface area contributed by atoms with Gasteiger partial charge in [-0.05, 0) is 120 Å². The van der Waals surface area contributed by atoms with Gasteiger partial charge in [-0.1, -0.05) is 215 Å². The first-order valence-corrected chi connectivity index (χ1v) is 45.1. The van der Waals surface area contributed by atoms with Crippen molar-refractivity contribution in [3.05, 3.63) is 96.6 Å². The first kappa shape index (κ1) is 78.8. The summed E-state index contributed by atoms with van der Waals surface area (Å²) in [4.78, 5) is 54.5.